The molecular formula is C29H18F3NO2S5. The quantitative estimate of drug-likeness (QED) is 0.185. The number of amides is 1. The molecule has 6 rings (SSSR count). The zero-order valence-electron chi connectivity index (χ0n) is 20.3. The van der Waals surface area contributed by atoms with Crippen molar-refractivity contribution < 1.29 is 23.1 Å². The van der Waals surface area contributed by atoms with Crippen LogP contribution in [0, 0.1) is 0 Å². The number of carbonyl (C=O) groups is 1. The van der Waals surface area contributed by atoms with Crippen LogP contribution in [0.5, 0.6) is 0 Å². The highest BCUT2D eigenvalue weighted by atomic mass is 32.1. The monoisotopic (exact) mass is 629 g/mol. The van der Waals surface area contributed by atoms with Crippen LogP contribution in [0.1, 0.15) is 22.0 Å². The standard InChI is InChI=1S/C29H18F3NO2S5/c30-29(31,32)27(34)16-5-1-2-6-18(16)33-28(35)17-15-25(23-10-9-21(38-23)19-7-3-13-36-19)40-26(17)24-12-11-22(39-24)20-8-4-14-37-20/h1-15,27,34H,(H,33,35). The van der Waals surface area contributed by atoms with Crippen LogP contribution in [0.4, 0.5) is 18.9 Å². The van der Waals surface area contributed by atoms with E-state index in [9.17, 15) is 23.1 Å². The van der Waals surface area contributed by atoms with Gasteiger partial charge in [0.15, 0.2) is 6.10 Å². The van der Waals surface area contributed by atoms with Gasteiger partial charge in [-0.05, 0) is 59.3 Å². The van der Waals surface area contributed by atoms with Crippen LogP contribution < -0.4 is 5.32 Å². The maximum atomic E-state index is 13.6. The molecule has 202 valence electrons. The second-order valence-corrected chi connectivity index (χ2v) is 13.7. The van der Waals surface area contributed by atoms with Gasteiger partial charge < -0.3 is 10.4 Å². The van der Waals surface area contributed by atoms with Gasteiger partial charge in [0, 0.05) is 45.4 Å². The van der Waals surface area contributed by atoms with Crippen molar-refractivity contribution in [3.63, 3.8) is 0 Å². The summed E-state index contributed by atoms with van der Waals surface area (Å²) in [5, 5.41) is 16.6. The predicted molar refractivity (Wildman–Crippen MR) is 163 cm³/mol. The molecule has 5 aromatic heterocycles. The van der Waals surface area contributed by atoms with E-state index in [4.69, 9.17) is 0 Å². The summed E-state index contributed by atoms with van der Waals surface area (Å²) in [6, 6.07) is 23.4. The predicted octanol–water partition coefficient (Wildman–Crippen LogP) is 10.5. The first-order valence-corrected chi connectivity index (χ1v) is 16.1. The zero-order chi connectivity index (χ0) is 27.9. The van der Waals surface area contributed by atoms with Gasteiger partial charge in [-0.15, -0.1) is 56.7 Å². The summed E-state index contributed by atoms with van der Waals surface area (Å²) in [6.07, 6.45) is -7.58. The maximum absolute atomic E-state index is 13.6. The minimum absolute atomic E-state index is 0.0856. The van der Waals surface area contributed by atoms with Crippen LogP contribution in [-0.4, -0.2) is 17.2 Å². The second-order valence-electron chi connectivity index (χ2n) is 8.62. The summed E-state index contributed by atoms with van der Waals surface area (Å²) in [7, 11) is 0. The lowest BCUT2D eigenvalue weighted by atomic mass is 10.1. The number of para-hydroxylation sites is 1. The topological polar surface area (TPSA) is 49.3 Å². The fraction of sp³-hybridized carbons (Fsp3) is 0.0690. The molecule has 0 radical (unpaired) electrons. The summed E-state index contributed by atoms with van der Waals surface area (Å²) in [4.78, 5) is 21.6. The molecule has 0 spiro atoms. The Morgan fingerprint density at radius 1 is 0.700 bits per heavy atom. The molecule has 1 unspecified atom stereocenters. The highest BCUT2D eigenvalue weighted by Crippen LogP contribution is 2.46. The Kier molecular flexibility index (Phi) is 7.51. The third-order valence-corrected chi connectivity index (χ3v) is 11.8. The first-order valence-electron chi connectivity index (χ1n) is 11.8. The van der Waals surface area contributed by atoms with Crippen LogP contribution in [0.2, 0.25) is 0 Å². The number of hydrogen-bond acceptors (Lipinski definition) is 7. The smallest absolute Gasteiger partial charge is 0.379 e. The van der Waals surface area contributed by atoms with E-state index in [0.717, 1.165) is 45.1 Å². The molecule has 5 heterocycles. The van der Waals surface area contributed by atoms with E-state index in [1.807, 2.05) is 47.2 Å². The van der Waals surface area contributed by atoms with Gasteiger partial charge in [-0.2, -0.15) is 13.2 Å². The number of anilines is 1. The summed E-state index contributed by atoms with van der Waals surface area (Å²) < 4.78 is 40.0. The minimum Gasteiger partial charge on any atom is -0.379 e. The Bertz CT molecular complexity index is 1760. The molecule has 1 atom stereocenters. The number of alkyl halides is 3. The number of aliphatic hydroxyl groups excluding tert-OH is 1. The Morgan fingerprint density at radius 3 is 1.88 bits per heavy atom. The number of thiophene rings is 5. The maximum Gasteiger partial charge on any atom is 0.418 e. The Labute approximate surface area is 247 Å². The SMILES string of the molecule is O=C(Nc1ccccc1C(O)C(F)(F)F)c1cc(-c2ccc(-c3cccs3)s2)sc1-c1ccc(-c2cccs2)s1. The lowest BCUT2D eigenvalue weighted by Crippen LogP contribution is -2.22. The van der Waals surface area contributed by atoms with Crippen LogP contribution in [0.15, 0.2) is 89.6 Å². The van der Waals surface area contributed by atoms with E-state index < -0.39 is 23.8 Å². The number of aliphatic hydroxyl groups is 1. The largest absolute Gasteiger partial charge is 0.418 e. The van der Waals surface area contributed by atoms with Crippen molar-refractivity contribution in [1.82, 2.24) is 0 Å². The molecule has 0 bridgehead atoms. The Morgan fingerprint density at radius 2 is 1.27 bits per heavy atom. The van der Waals surface area contributed by atoms with Gasteiger partial charge in [0.2, 0.25) is 0 Å². The number of carbonyl (C=O) groups excluding carboxylic acids is 1. The summed E-state index contributed by atoms with van der Waals surface area (Å²) >= 11 is 7.95. The summed E-state index contributed by atoms with van der Waals surface area (Å²) in [5.74, 6) is -0.541. The number of benzene rings is 1. The fourth-order valence-electron chi connectivity index (χ4n) is 4.11. The molecule has 6 aromatic rings. The van der Waals surface area contributed by atoms with Crippen molar-refractivity contribution >= 4 is 68.3 Å². The van der Waals surface area contributed by atoms with E-state index in [2.05, 4.69) is 17.4 Å². The Balaban J connectivity index is 1.39. The highest BCUT2D eigenvalue weighted by molar-refractivity contribution is 7.29. The zero-order valence-corrected chi connectivity index (χ0v) is 24.4. The van der Waals surface area contributed by atoms with Crippen LogP contribution in [0.3, 0.4) is 0 Å². The van der Waals surface area contributed by atoms with Gasteiger partial charge in [-0.3, -0.25) is 4.79 Å². The number of halogens is 3. The third-order valence-electron chi connectivity index (χ3n) is 6.00. The normalized spacial score (nSPS) is 12.5. The van der Waals surface area contributed by atoms with Crippen molar-refractivity contribution in [2.24, 2.45) is 0 Å². The lowest BCUT2D eigenvalue weighted by Gasteiger charge is -2.18. The minimum atomic E-state index is -4.86. The average molecular weight is 630 g/mol. The summed E-state index contributed by atoms with van der Waals surface area (Å²) in [5.41, 5.74) is -0.130. The lowest BCUT2D eigenvalue weighted by molar-refractivity contribution is -0.206. The van der Waals surface area contributed by atoms with Gasteiger partial charge in [0.1, 0.15) is 0 Å². The molecule has 1 aromatic carbocycles. The number of rotatable bonds is 7. The molecule has 0 saturated heterocycles. The van der Waals surface area contributed by atoms with Crippen LogP contribution in [-0.2, 0) is 0 Å². The molecule has 3 nitrogen and oxygen atoms in total. The number of hydrogen-bond donors (Lipinski definition) is 2. The van der Waals surface area contributed by atoms with Crippen molar-refractivity contribution in [2.75, 3.05) is 5.32 Å². The fourth-order valence-corrected chi connectivity index (χ4v) is 9.15. The van der Waals surface area contributed by atoms with Crippen LogP contribution in [0.25, 0.3) is 39.0 Å². The number of nitrogens with one attached hydrogen (secondary N) is 1. The van der Waals surface area contributed by atoms with E-state index in [0.29, 0.717) is 5.56 Å². The second kappa shape index (κ2) is 11.1. The molecule has 1 amide bonds. The molecule has 0 saturated carbocycles. The molecule has 0 aliphatic heterocycles. The van der Waals surface area contributed by atoms with Crippen molar-refractivity contribution in [3.05, 3.63) is 101 Å². The van der Waals surface area contributed by atoms with E-state index in [1.165, 1.54) is 29.5 Å². The molecular weight excluding hydrogens is 612 g/mol. The first kappa shape index (κ1) is 27.1. The average Bonchev–Trinajstić information content (AvgIpc) is 3.76. The van der Waals surface area contributed by atoms with Crippen LogP contribution >= 0.6 is 56.7 Å². The molecule has 11 heteroatoms. The highest BCUT2D eigenvalue weighted by Gasteiger charge is 2.40. The van der Waals surface area contributed by atoms with Gasteiger partial charge in [0.25, 0.3) is 5.91 Å². The van der Waals surface area contributed by atoms with Gasteiger partial charge in [0.05, 0.1) is 10.4 Å². The molecule has 0 aliphatic carbocycles. The molecule has 0 aliphatic rings. The van der Waals surface area contributed by atoms with E-state index in [1.54, 1.807) is 51.4 Å². The van der Waals surface area contributed by atoms with Gasteiger partial charge in [-0.25, -0.2) is 0 Å². The van der Waals surface area contributed by atoms with Crippen molar-refractivity contribution in [2.45, 2.75) is 12.3 Å². The third kappa shape index (κ3) is 5.45. The van der Waals surface area contributed by atoms with Gasteiger partial charge >= 0.3 is 6.18 Å². The van der Waals surface area contributed by atoms with Crippen molar-refractivity contribution in [3.8, 4) is 39.0 Å². The first-order chi connectivity index (χ1) is 19.3. The van der Waals surface area contributed by atoms with Crippen molar-refractivity contribution in [1.29, 1.82) is 0 Å². The van der Waals surface area contributed by atoms with Gasteiger partial charge in [-0.1, -0.05) is 30.3 Å². The molecule has 2 N–H and O–H groups in total. The van der Waals surface area contributed by atoms with E-state index in [-0.39, 0.29) is 5.69 Å². The molecule has 40 heavy (non-hydrogen) atoms. The van der Waals surface area contributed by atoms with E-state index >= 15 is 0 Å². The summed E-state index contributed by atoms with van der Waals surface area (Å²) in [6.45, 7) is 0. The molecule has 0 fully saturated rings. The Hall–Kier alpha value is -3.06.